The van der Waals surface area contributed by atoms with E-state index in [-0.39, 0.29) is 30.7 Å². The van der Waals surface area contributed by atoms with E-state index in [0.717, 1.165) is 50.7 Å². The number of hydrogen-bond donors (Lipinski definition) is 2. The van der Waals surface area contributed by atoms with E-state index in [9.17, 15) is 15.0 Å². The number of esters is 1. The van der Waals surface area contributed by atoms with Crippen LogP contribution in [0.2, 0.25) is 0 Å². The van der Waals surface area contributed by atoms with Crippen LogP contribution >= 0.6 is 0 Å². The van der Waals surface area contributed by atoms with Crippen molar-refractivity contribution in [2.45, 2.75) is 83.8 Å². The van der Waals surface area contributed by atoms with Gasteiger partial charge in [-0.15, -0.1) is 0 Å². The number of aliphatic hydroxyl groups is 2. The first-order chi connectivity index (χ1) is 14.5. The Balaban J connectivity index is 1.60. The van der Waals surface area contributed by atoms with Crippen LogP contribution < -0.4 is 4.74 Å². The van der Waals surface area contributed by atoms with Crippen LogP contribution in [0.25, 0.3) is 0 Å². The lowest BCUT2D eigenvalue weighted by atomic mass is 9.73. The molecule has 5 heteroatoms. The molecule has 0 radical (unpaired) electrons. The highest BCUT2D eigenvalue weighted by molar-refractivity contribution is 5.71. The number of aliphatic hydroxyl groups excluding tert-OH is 2. The first-order valence-corrected chi connectivity index (χ1v) is 11.8. The van der Waals surface area contributed by atoms with E-state index in [1.807, 2.05) is 12.1 Å². The summed E-state index contributed by atoms with van der Waals surface area (Å²) in [4.78, 5) is 11.7. The van der Waals surface area contributed by atoms with Gasteiger partial charge in [0.1, 0.15) is 5.75 Å². The van der Waals surface area contributed by atoms with Crippen molar-refractivity contribution in [3.63, 3.8) is 0 Å². The Bertz CT molecular complexity index is 688. The van der Waals surface area contributed by atoms with Gasteiger partial charge < -0.3 is 19.7 Å². The minimum atomic E-state index is -0.349. The fraction of sp³-hybridized carbons (Fsp3) is 0.720. The molecule has 2 N–H and O–H groups in total. The predicted molar refractivity (Wildman–Crippen MR) is 116 cm³/mol. The molecule has 5 nitrogen and oxygen atoms in total. The van der Waals surface area contributed by atoms with Gasteiger partial charge in [0.25, 0.3) is 0 Å². The van der Waals surface area contributed by atoms with E-state index in [0.29, 0.717) is 18.4 Å². The number of unbranched alkanes of at least 4 members (excludes halogenated alkanes) is 2. The molecule has 1 fully saturated rings. The first kappa shape index (κ1) is 23.1. The highest BCUT2D eigenvalue weighted by Gasteiger charge is 2.44. The van der Waals surface area contributed by atoms with Gasteiger partial charge in [-0.2, -0.15) is 0 Å². The number of rotatable bonds is 11. The molecule has 0 amide bonds. The second-order valence-corrected chi connectivity index (χ2v) is 9.01. The Kier molecular flexibility index (Phi) is 8.58. The van der Waals surface area contributed by atoms with Gasteiger partial charge in [-0.1, -0.05) is 38.3 Å². The van der Waals surface area contributed by atoms with Gasteiger partial charge in [0.15, 0.2) is 6.61 Å². The summed E-state index contributed by atoms with van der Waals surface area (Å²) >= 11 is 0. The number of hydrogen-bond acceptors (Lipinski definition) is 5. The van der Waals surface area contributed by atoms with Crippen molar-refractivity contribution in [2.75, 3.05) is 13.2 Å². The lowest BCUT2D eigenvalue weighted by Gasteiger charge is -2.32. The number of benzene rings is 1. The quantitative estimate of drug-likeness (QED) is 0.419. The Morgan fingerprint density at radius 2 is 2.03 bits per heavy atom. The van der Waals surface area contributed by atoms with Crippen LogP contribution in [0, 0.1) is 17.8 Å². The summed E-state index contributed by atoms with van der Waals surface area (Å²) in [6.45, 7) is 4.25. The maximum absolute atomic E-state index is 11.7. The van der Waals surface area contributed by atoms with E-state index < -0.39 is 0 Å². The monoisotopic (exact) mass is 418 g/mol. The largest absolute Gasteiger partial charge is 0.482 e. The highest BCUT2D eigenvalue weighted by atomic mass is 16.6. The van der Waals surface area contributed by atoms with Gasteiger partial charge in [0.2, 0.25) is 0 Å². The molecule has 30 heavy (non-hydrogen) atoms. The van der Waals surface area contributed by atoms with Crippen molar-refractivity contribution in [3.05, 3.63) is 29.3 Å². The van der Waals surface area contributed by atoms with Crippen molar-refractivity contribution in [3.8, 4) is 5.75 Å². The van der Waals surface area contributed by atoms with Crippen LogP contribution in [0.1, 0.15) is 69.9 Å². The lowest BCUT2D eigenvalue weighted by molar-refractivity contribution is -0.145. The number of carbonyl (C=O) groups is 1. The van der Waals surface area contributed by atoms with E-state index in [4.69, 9.17) is 9.47 Å². The molecule has 5 atom stereocenters. The third kappa shape index (κ3) is 5.76. The molecule has 1 aromatic rings. The molecule has 0 bridgehead atoms. The zero-order valence-electron chi connectivity index (χ0n) is 18.5. The molecule has 1 aromatic carbocycles. The van der Waals surface area contributed by atoms with E-state index >= 15 is 0 Å². The van der Waals surface area contributed by atoms with E-state index in [1.165, 1.54) is 24.0 Å². The average Bonchev–Trinajstić information content (AvgIpc) is 3.03. The maximum atomic E-state index is 11.7. The van der Waals surface area contributed by atoms with E-state index in [2.05, 4.69) is 13.0 Å². The summed E-state index contributed by atoms with van der Waals surface area (Å²) < 4.78 is 10.7. The van der Waals surface area contributed by atoms with Crippen molar-refractivity contribution in [2.24, 2.45) is 17.8 Å². The summed E-state index contributed by atoms with van der Waals surface area (Å²) in [5.41, 5.74) is 2.44. The number of carbonyl (C=O) groups excluding carboxylic acids is 1. The lowest BCUT2D eigenvalue weighted by Crippen LogP contribution is -2.28. The SMILES string of the molecule is CCCCC[C@H](O)CCC1[C@H]2Cc3cccc(OCC(=O)OCC)c3CC2C[C@H]1O. The van der Waals surface area contributed by atoms with Crippen molar-refractivity contribution >= 4 is 5.97 Å². The molecule has 3 rings (SSSR count). The normalized spacial score (nSPS) is 26.0. The summed E-state index contributed by atoms with van der Waals surface area (Å²) in [6, 6.07) is 6.05. The van der Waals surface area contributed by atoms with Gasteiger partial charge in [-0.05, 0) is 80.4 Å². The van der Waals surface area contributed by atoms with Gasteiger partial charge in [0.05, 0.1) is 18.8 Å². The van der Waals surface area contributed by atoms with Gasteiger partial charge in [-0.25, -0.2) is 4.79 Å². The number of ether oxygens (including phenoxy) is 2. The number of fused-ring (bicyclic) bond motifs is 2. The average molecular weight is 419 g/mol. The fourth-order valence-electron chi connectivity index (χ4n) is 5.44. The van der Waals surface area contributed by atoms with Crippen LogP contribution in [0.5, 0.6) is 5.75 Å². The molecular weight excluding hydrogens is 380 g/mol. The summed E-state index contributed by atoms with van der Waals surface area (Å²) in [7, 11) is 0. The van der Waals surface area contributed by atoms with Crippen LogP contribution in [0.15, 0.2) is 18.2 Å². The molecule has 0 heterocycles. The second-order valence-electron chi connectivity index (χ2n) is 9.01. The smallest absolute Gasteiger partial charge is 0.344 e. The van der Waals surface area contributed by atoms with Crippen LogP contribution in [0.3, 0.4) is 0 Å². The Morgan fingerprint density at radius 1 is 1.20 bits per heavy atom. The minimum Gasteiger partial charge on any atom is -0.482 e. The third-order valence-corrected chi connectivity index (χ3v) is 6.97. The summed E-state index contributed by atoms with van der Waals surface area (Å²) in [5.74, 6) is 1.56. The third-order valence-electron chi connectivity index (χ3n) is 6.97. The molecule has 2 unspecified atom stereocenters. The van der Waals surface area contributed by atoms with E-state index in [1.54, 1.807) is 6.92 Å². The van der Waals surface area contributed by atoms with Crippen LogP contribution in [-0.4, -0.2) is 41.6 Å². The summed E-state index contributed by atoms with van der Waals surface area (Å²) in [5, 5.41) is 21.1. The molecule has 0 saturated heterocycles. The molecule has 168 valence electrons. The second kappa shape index (κ2) is 11.1. The van der Waals surface area contributed by atoms with Gasteiger partial charge in [-0.3, -0.25) is 0 Å². The maximum Gasteiger partial charge on any atom is 0.344 e. The van der Waals surface area contributed by atoms with Crippen LogP contribution in [0.4, 0.5) is 0 Å². The minimum absolute atomic E-state index is 0.0699. The molecule has 1 saturated carbocycles. The fourth-order valence-corrected chi connectivity index (χ4v) is 5.44. The Morgan fingerprint density at radius 3 is 2.80 bits per heavy atom. The molecule has 2 aliphatic carbocycles. The molecule has 0 spiro atoms. The van der Waals surface area contributed by atoms with Gasteiger partial charge >= 0.3 is 5.97 Å². The Hall–Kier alpha value is -1.59. The van der Waals surface area contributed by atoms with Gasteiger partial charge in [0, 0.05) is 0 Å². The topological polar surface area (TPSA) is 76.0 Å². The summed E-state index contributed by atoms with van der Waals surface area (Å²) in [6.07, 6.45) is 8.06. The standard InChI is InChI=1S/C25H38O5/c1-3-5-6-9-19(26)11-12-20-21-13-17-8-7-10-24(30-16-25(28)29-4-2)22(17)14-18(21)15-23(20)27/h7-8,10,18-21,23,26-27H,3-6,9,11-16H2,1-2H3/t18?,19-,20?,21-,23+/m0/s1. The molecule has 0 aromatic heterocycles. The molecule has 0 aliphatic heterocycles. The predicted octanol–water partition coefficient (Wildman–Crippen LogP) is 4.06. The Labute approximate surface area is 180 Å². The zero-order valence-corrected chi connectivity index (χ0v) is 18.5. The zero-order chi connectivity index (χ0) is 21.5. The van der Waals surface area contributed by atoms with Crippen LogP contribution in [-0.2, 0) is 22.4 Å². The molecule has 2 aliphatic rings. The van der Waals surface area contributed by atoms with Crippen molar-refractivity contribution in [1.29, 1.82) is 0 Å². The van der Waals surface area contributed by atoms with Crippen molar-refractivity contribution in [1.82, 2.24) is 0 Å². The highest BCUT2D eigenvalue weighted by Crippen LogP contribution is 2.48. The molecular formula is C25H38O5. The first-order valence-electron chi connectivity index (χ1n) is 11.8. The van der Waals surface area contributed by atoms with Crippen molar-refractivity contribution < 1.29 is 24.5 Å².